The maximum Gasteiger partial charge on any atom is 0.231 e. The summed E-state index contributed by atoms with van der Waals surface area (Å²) < 4.78 is 0. The highest BCUT2D eigenvalue weighted by Crippen LogP contribution is 2.29. The standard InChI is InChI=1S/C12H12ClNO2/c1-2-14-10-4-3-8(11(15)7-13)5-9(10)6-12(14)16/h3-5H,2,6-7H2,1H3. The van der Waals surface area contributed by atoms with Crippen molar-refractivity contribution in [2.75, 3.05) is 17.3 Å². The molecule has 0 aliphatic carbocycles. The zero-order valence-electron chi connectivity index (χ0n) is 9.00. The van der Waals surface area contributed by atoms with E-state index in [9.17, 15) is 9.59 Å². The summed E-state index contributed by atoms with van der Waals surface area (Å²) in [5, 5.41) is 0. The summed E-state index contributed by atoms with van der Waals surface area (Å²) in [6, 6.07) is 5.32. The lowest BCUT2D eigenvalue weighted by Gasteiger charge is -2.14. The van der Waals surface area contributed by atoms with E-state index in [-0.39, 0.29) is 17.6 Å². The van der Waals surface area contributed by atoms with Crippen LogP contribution >= 0.6 is 11.6 Å². The third-order valence-corrected chi connectivity index (χ3v) is 3.02. The number of nitrogens with zero attached hydrogens (tertiary/aromatic N) is 1. The summed E-state index contributed by atoms with van der Waals surface area (Å²) in [7, 11) is 0. The number of halogens is 1. The smallest absolute Gasteiger partial charge is 0.231 e. The Bertz CT molecular complexity index is 456. The molecule has 1 aromatic carbocycles. The fraction of sp³-hybridized carbons (Fsp3) is 0.333. The van der Waals surface area contributed by atoms with Gasteiger partial charge in [-0.25, -0.2) is 0 Å². The monoisotopic (exact) mass is 237 g/mol. The largest absolute Gasteiger partial charge is 0.312 e. The summed E-state index contributed by atoms with van der Waals surface area (Å²) in [4.78, 5) is 24.8. The number of fused-ring (bicyclic) bond motifs is 1. The van der Waals surface area contributed by atoms with E-state index in [2.05, 4.69) is 0 Å². The van der Waals surface area contributed by atoms with E-state index in [1.54, 1.807) is 17.0 Å². The molecule has 0 atom stereocenters. The van der Waals surface area contributed by atoms with Crippen LogP contribution in [0.4, 0.5) is 5.69 Å². The topological polar surface area (TPSA) is 37.4 Å². The SMILES string of the molecule is CCN1C(=O)Cc2cc(C(=O)CCl)ccc21. The molecule has 0 N–H and O–H groups in total. The number of hydrogen-bond acceptors (Lipinski definition) is 2. The van der Waals surface area contributed by atoms with E-state index in [1.807, 2.05) is 13.0 Å². The normalized spacial score (nSPS) is 14.1. The van der Waals surface area contributed by atoms with Gasteiger partial charge in [0.15, 0.2) is 5.78 Å². The van der Waals surface area contributed by atoms with Crippen LogP contribution in [0.1, 0.15) is 22.8 Å². The van der Waals surface area contributed by atoms with Crippen molar-refractivity contribution >= 4 is 29.0 Å². The summed E-state index contributed by atoms with van der Waals surface area (Å²) in [5.74, 6) is -0.0376. The van der Waals surface area contributed by atoms with Crippen LogP contribution in [0.2, 0.25) is 0 Å². The quantitative estimate of drug-likeness (QED) is 0.596. The zero-order valence-corrected chi connectivity index (χ0v) is 9.75. The van der Waals surface area contributed by atoms with Crippen molar-refractivity contribution in [2.45, 2.75) is 13.3 Å². The molecule has 3 nitrogen and oxygen atoms in total. The van der Waals surface area contributed by atoms with Gasteiger partial charge in [0.1, 0.15) is 0 Å². The fourth-order valence-corrected chi connectivity index (χ4v) is 2.13. The first-order chi connectivity index (χ1) is 7.67. The van der Waals surface area contributed by atoms with Crippen LogP contribution in [-0.4, -0.2) is 24.1 Å². The van der Waals surface area contributed by atoms with Crippen LogP contribution in [0.3, 0.4) is 0 Å². The molecule has 1 aromatic rings. The molecule has 2 rings (SSSR count). The van der Waals surface area contributed by atoms with E-state index in [4.69, 9.17) is 11.6 Å². The van der Waals surface area contributed by atoms with Crippen LogP contribution in [0.15, 0.2) is 18.2 Å². The maximum atomic E-state index is 11.6. The molecule has 1 heterocycles. The average Bonchev–Trinajstić information content (AvgIpc) is 2.62. The Morgan fingerprint density at radius 3 is 2.88 bits per heavy atom. The summed E-state index contributed by atoms with van der Waals surface area (Å²) in [6.07, 6.45) is 0.382. The lowest BCUT2D eigenvalue weighted by atomic mass is 10.1. The van der Waals surface area contributed by atoms with Crippen LogP contribution in [0, 0.1) is 0 Å². The van der Waals surface area contributed by atoms with Gasteiger partial charge in [-0.05, 0) is 30.7 Å². The Hall–Kier alpha value is -1.35. The van der Waals surface area contributed by atoms with Crippen molar-refractivity contribution in [1.82, 2.24) is 0 Å². The van der Waals surface area contributed by atoms with Crippen LogP contribution in [0.5, 0.6) is 0 Å². The van der Waals surface area contributed by atoms with Gasteiger partial charge in [-0.3, -0.25) is 9.59 Å². The molecule has 0 aromatic heterocycles. The van der Waals surface area contributed by atoms with Crippen molar-refractivity contribution < 1.29 is 9.59 Å². The Labute approximate surface area is 99.0 Å². The number of carbonyl (C=O) groups excluding carboxylic acids is 2. The Morgan fingerprint density at radius 2 is 2.25 bits per heavy atom. The van der Waals surface area contributed by atoms with Gasteiger partial charge in [-0.1, -0.05) is 0 Å². The molecule has 4 heteroatoms. The second-order valence-corrected chi connectivity index (χ2v) is 3.98. The van der Waals surface area contributed by atoms with Crippen molar-refractivity contribution in [3.63, 3.8) is 0 Å². The molecule has 1 amide bonds. The van der Waals surface area contributed by atoms with Crippen LogP contribution in [-0.2, 0) is 11.2 Å². The predicted molar refractivity (Wildman–Crippen MR) is 63.2 cm³/mol. The zero-order chi connectivity index (χ0) is 11.7. The van der Waals surface area contributed by atoms with Gasteiger partial charge in [0.25, 0.3) is 0 Å². The number of likely N-dealkylation sites (N-methyl/N-ethyl adjacent to an activating group) is 1. The third kappa shape index (κ3) is 1.71. The molecule has 0 saturated heterocycles. The van der Waals surface area contributed by atoms with Crippen LogP contribution in [0.25, 0.3) is 0 Å². The molecular weight excluding hydrogens is 226 g/mol. The predicted octanol–water partition coefficient (Wildman–Crippen LogP) is 2.02. The van der Waals surface area contributed by atoms with Crippen molar-refractivity contribution in [1.29, 1.82) is 0 Å². The van der Waals surface area contributed by atoms with E-state index in [0.717, 1.165) is 11.3 Å². The van der Waals surface area contributed by atoms with Crippen molar-refractivity contribution in [3.05, 3.63) is 29.3 Å². The highest BCUT2D eigenvalue weighted by molar-refractivity contribution is 6.30. The average molecular weight is 238 g/mol. The van der Waals surface area contributed by atoms with Gasteiger partial charge < -0.3 is 4.90 Å². The first-order valence-electron chi connectivity index (χ1n) is 5.19. The molecule has 0 spiro atoms. The number of ketones is 1. The van der Waals surface area contributed by atoms with E-state index in [0.29, 0.717) is 18.5 Å². The summed E-state index contributed by atoms with van der Waals surface area (Å²) in [6.45, 7) is 2.60. The molecule has 0 fully saturated rings. The molecule has 0 unspecified atom stereocenters. The first kappa shape index (κ1) is 11.1. The molecule has 0 bridgehead atoms. The van der Waals surface area contributed by atoms with Crippen LogP contribution < -0.4 is 4.90 Å². The number of amides is 1. The van der Waals surface area contributed by atoms with E-state index < -0.39 is 0 Å². The highest BCUT2D eigenvalue weighted by atomic mass is 35.5. The van der Waals surface area contributed by atoms with Gasteiger partial charge in [-0.2, -0.15) is 0 Å². The summed E-state index contributed by atoms with van der Waals surface area (Å²) >= 11 is 5.50. The van der Waals surface area contributed by atoms with E-state index in [1.165, 1.54) is 0 Å². The molecule has 0 saturated carbocycles. The third-order valence-electron chi connectivity index (χ3n) is 2.77. The molecule has 1 aliphatic rings. The number of carbonyl (C=O) groups is 2. The van der Waals surface area contributed by atoms with Gasteiger partial charge in [0, 0.05) is 17.8 Å². The second-order valence-electron chi connectivity index (χ2n) is 3.72. The minimum Gasteiger partial charge on any atom is -0.312 e. The summed E-state index contributed by atoms with van der Waals surface area (Å²) in [5.41, 5.74) is 2.42. The molecule has 1 aliphatic heterocycles. The molecule has 16 heavy (non-hydrogen) atoms. The van der Waals surface area contributed by atoms with E-state index >= 15 is 0 Å². The highest BCUT2D eigenvalue weighted by Gasteiger charge is 2.26. The molecule has 0 radical (unpaired) electrons. The van der Waals surface area contributed by atoms with Crippen molar-refractivity contribution in [3.8, 4) is 0 Å². The number of benzene rings is 1. The number of rotatable bonds is 3. The second kappa shape index (κ2) is 4.26. The van der Waals surface area contributed by atoms with Gasteiger partial charge in [-0.15, -0.1) is 11.6 Å². The van der Waals surface area contributed by atoms with Gasteiger partial charge >= 0.3 is 0 Å². The number of hydrogen-bond donors (Lipinski definition) is 0. The Balaban J connectivity index is 2.40. The molecular formula is C12H12ClNO2. The number of alkyl halides is 1. The lowest BCUT2D eigenvalue weighted by Crippen LogP contribution is -2.25. The fourth-order valence-electron chi connectivity index (χ4n) is 1.98. The lowest BCUT2D eigenvalue weighted by molar-refractivity contribution is -0.117. The van der Waals surface area contributed by atoms with Gasteiger partial charge in [0.05, 0.1) is 12.3 Å². The Kier molecular flexibility index (Phi) is 2.97. The molecule has 84 valence electrons. The first-order valence-corrected chi connectivity index (χ1v) is 5.73. The van der Waals surface area contributed by atoms with Crippen molar-refractivity contribution in [2.24, 2.45) is 0 Å². The van der Waals surface area contributed by atoms with Gasteiger partial charge in [0.2, 0.25) is 5.91 Å². The Morgan fingerprint density at radius 1 is 1.50 bits per heavy atom. The maximum absolute atomic E-state index is 11.6. The minimum atomic E-state index is -0.105. The number of anilines is 1. The minimum absolute atomic E-state index is 0.0236. The number of Topliss-reactive ketones (excluding diaryl/α,β-unsaturated/α-hetero) is 1.